The Hall–Kier alpha value is -1.96. The molecule has 2 N–H and O–H groups in total. The first kappa shape index (κ1) is 12.5. The number of rotatable bonds is 5. The summed E-state index contributed by atoms with van der Waals surface area (Å²) in [5.74, 6) is 1.74. The quantitative estimate of drug-likeness (QED) is 0.808. The van der Waals surface area contributed by atoms with Crippen molar-refractivity contribution in [1.29, 1.82) is 0 Å². The molecular weight excluding hydrogens is 256 g/mol. The van der Waals surface area contributed by atoms with Crippen molar-refractivity contribution < 1.29 is 0 Å². The molecule has 2 aromatic heterocycles. The minimum Gasteiger partial charge on any atom is -0.357 e. The summed E-state index contributed by atoms with van der Waals surface area (Å²) in [7, 11) is 3.61. The standard InChI is InChI=1S/C9H13ClN8/c1-11-8-14-7(10)15-9(16-8)12-4-3-6-17-13-5-18(6)2/h5H,3-4H2,1-2H3,(H2,11,12,14,15,16). The summed E-state index contributed by atoms with van der Waals surface area (Å²) >= 11 is 5.76. The fraction of sp³-hybridized carbons (Fsp3) is 0.444. The van der Waals surface area contributed by atoms with Gasteiger partial charge in [-0.25, -0.2) is 0 Å². The molecule has 0 bridgehead atoms. The Labute approximate surface area is 109 Å². The average molecular weight is 269 g/mol. The van der Waals surface area contributed by atoms with Crippen LogP contribution in [0.1, 0.15) is 5.82 Å². The van der Waals surface area contributed by atoms with Gasteiger partial charge in [0.15, 0.2) is 0 Å². The third-order valence-electron chi connectivity index (χ3n) is 2.27. The van der Waals surface area contributed by atoms with Crippen LogP contribution < -0.4 is 10.6 Å². The molecule has 0 spiro atoms. The van der Waals surface area contributed by atoms with E-state index in [-0.39, 0.29) is 5.28 Å². The second kappa shape index (κ2) is 5.58. The molecule has 96 valence electrons. The van der Waals surface area contributed by atoms with E-state index in [1.807, 2.05) is 11.6 Å². The first-order chi connectivity index (χ1) is 8.69. The second-order valence-electron chi connectivity index (χ2n) is 3.54. The minimum atomic E-state index is 0.149. The maximum atomic E-state index is 5.76. The van der Waals surface area contributed by atoms with E-state index >= 15 is 0 Å². The van der Waals surface area contributed by atoms with Crippen LogP contribution in [0.15, 0.2) is 6.33 Å². The lowest BCUT2D eigenvalue weighted by molar-refractivity contribution is 0.785. The van der Waals surface area contributed by atoms with Crippen molar-refractivity contribution in [2.45, 2.75) is 6.42 Å². The zero-order valence-electron chi connectivity index (χ0n) is 10.1. The summed E-state index contributed by atoms with van der Waals surface area (Å²) in [6.45, 7) is 0.635. The highest BCUT2D eigenvalue weighted by Crippen LogP contribution is 2.08. The van der Waals surface area contributed by atoms with Crippen LogP contribution in [0.3, 0.4) is 0 Å². The molecule has 0 saturated carbocycles. The molecule has 0 aromatic carbocycles. The first-order valence-corrected chi connectivity index (χ1v) is 5.73. The van der Waals surface area contributed by atoms with Gasteiger partial charge >= 0.3 is 0 Å². The van der Waals surface area contributed by atoms with E-state index in [4.69, 9.17) is 11.6 Å². The van der Waals surface area contributed by atoms with E-state index in [1.165, 1.54) is 0 Å². The van der Waals surface area contributed by atoms with Crippen molar-refractivity contribution in [3.8, 4) is 0 Å². The molecule has 0 radical (unpaired) electrons. The first-order valence-electron chi connectivity index (χ1n) is 5.35. The molecule has 2 aromatic rings. The molecule has 0 aliphatic rings. The molecule has 2 heterocycles. The number of halogens is 1. The minimum absolute atomic E-state index is 0.149. The molecule has 8 nitrogen and oxygen atoms in total. The normalized spacial score (nSPS) is 10.4. The predicted molar refractivity (Wildman–Crippen MR) is 67.6 cm³/mol. The van der Waals surface area contributed by atoms with E-state index in [9.17, 15) is 0 Å². The van der Waals surface area contributed by atoms with E-state index in [0.29, 0.717) is 24.9 Å². The fourth-order valence-corrected chi connectivity index (χ4v) is 1.52. The van der Waals surface area contributed by atoms with E-state index in [2.05, 4.69) is 35.8 Å². The highest BCUT2D eigenvalue weighted by atomic mass is 35.5. The SMILES string of the molecule is CNc1nc(Cl)nc(NCCc2nncn2C)n1. The van der Waals surface area contributed by atoms with Gasteiger partial charge in [0, 0.05) is 27.1 Å². The van der Waals surface area contributed by atoms with Gasteiger partial charge in [-0.2, -0.15) is 15.0 Å². The van der Waals surface area contributed by atoms with Gasteiger partial charge in [0.2, 0.25) is 17.2 Å². The van der Waals surface area contributed by atoms with Crippen LogP contribution in [-0.4, -0.2) is 43.3 Å². The fourth-order valence-electron chi connectivity index (χ4n) is 1.36. The Kier molecular flexibility index (Phi) is 3.88. The highest BCUT2D eigenvalue weighted by Gasteiger charge is 2.04. The molecule has 0 amide bonds. The number of nitrogens with one attached hydrogen (secondary N) is 2. The van der Waals surface area contributed by atoms with Gasteiger partial charge in [0.1, 0.15) is 12.2 Å². The molecule has 0 aliphatic carbocycles. The maximum absolute atomic E-state index is 5.76. The summed E-state index contributed by atoms with van der Waals surface area (Å²) in [5.41, 5.74) is 0. The summed E-state index contributed by atoms with van der Waals surface area (Å²) in [6.07, 6.45) is 2.38. The number of aryl methyl sites for hydroxylation is 1. The number of hydrogen-bond donors (Lipinski definition) is 2. The van der Waals surface area contributed by atoms with Gasteiger partial charge in [-0.15, -0.1) is 10.2 Å². The predicted octanol–water partition coefficient (Wildman–Crippen LogP) is 0.350. The van der Waals surface area contributed by atoms with Crippen LogP contribution in [-0.2, 0) is 13.5 Å². The third-order valence-corrected chi connectivity index (χ3v) is 2.44. The molecule has 18 heavy (non-hydrogen) atoms. The maximum Gasteiger partial charge on any atom is 0.228 e. The van der Waals surface area contributed by atoms with Crippen LogP contribution in [0, 0.1) is 0 Å². The zero-order valence-corrected chi connectivity index (χ0v) is 10.8. The Bertz CT molecular complexity index is 525. The van der Waals surface area contributed by atoms with E-state index in [1.54, 1.807) is 13.4 Å². The summed E-state index contributed by atoms with van der Waals surface area (Å²) in [4.78, 5) is 12.0. The lowest BCUT2D eigenvalue weighted by Crippen LogP contribution is -2.12. The Balaban J connectivity index is 1.94. The van der Waals surface area contributed by atoms with Crippen molar-refractivity contribution in [3.63, 3.8) is 0 Å². The molecule has 0 fully saturated rings. The van der Waals surface area contributed by atoms with Gasteiger partial charge in [-0.05, 0) is 11.6 Å². The molecule has 0 unspecified atom stereocenters. The molecular formula is C9H13ClN8. The van der Waals surface area contributed by atoms with Gasteiger partial charge in [-0.3, -0.25) is 0 Å². The monoisotopic (exact) mass is 268 g/mol. The van der Waals surface area contributed by atoms with Gasteiger partial charge < -0.3 is 15.2 Å². The van der Waals surface area contributed by atoms with Crippen molar-refractivity contribution in [3.05, 3.63) is 17.4 Å². The van der Waals surface area contributed by atoms with Crippen molar-refractivity contribution >= 4 is 23.5 Å². The second-order valence-corrected chi connectivity index (χ2v) is 3.87. The Morgan fingerprint density at radius 2 is 2.06 bits per heavy atom. The van der Waals surface area contributed by atoms with E-state index in [0.717, 1.165) is 5.82 Å². The topological polar surface area (TPSA) is 93.4 Å². The zero-order chi connectivity index (χ0) is 13.0. The average Bonchev–Trinajstić information content (AvgIpc) is 2.74. The lowest BCUT2D eigenvalue weighted by Gasteiger charge is -2.06. The third kappa shape index (κ3) is 3.04. The molecule has 0 atom stereocenters. The van der Waals surface area contributed by atoms with Gasteiger partial charge in [-0.1, -0.05) is 0 Å². The summed E-state index contributed by atoms with van der Waals surface area (Å²) in [5, 5.41) is 13.8. The van der Waals surface area contributed by atoms with Crippen LogP contribution >= 0.6 is 11.6 Å². The summed E-state index contributed by atoms with van der Waals surface area (Å²) < 4.78 is 1.86. The number of hydrogen-bond acceptors (Lipinski definition) is 7. The van der Waals surface area contributed by atoms with Crippen LogP contribution in [0.2, 0.25) is 5.28 Å². The Morgan fingerprint density at radius 3 is 2.72 bits per heavy atom. The van der Waals surface area contributed by atoms with Crippen LogP contribution in [0.25, 0.3) is 0 Å². The van der Waals surface area contributed by atoms with E-state index < -0.39 is 0 Å². The molecule has 9 heteroatoms. The lowest BCUT2D eigenvalue weighted by atomic mass is 10.4. The molecule has 0 saturated heterocycles. The smallest absolute Gasteiger partial charge is 0.228 e. The van der Waals surface area contributed by atoms with Crippen molar-refractivity contribution in [2.24, 2.45) is 7.05 Å². The number of anilines is 2. The van der Waals surface area contributed by atoms with Crippen LogP contribution in [0.5, 0.6) is 0 Å². The molecule has 2 rings (SSSR count). The van der Waals surface area contributed by atoms with Crippen molar-refractivity contribution in [1.82, 2.24) is 29.7 Å². The number of aromatic nitrogens is 6. The highest BCUT2D eigenvalue weighted by molar-refractivity contribution is 6.28. The largest absolute Gasteiger partial charge is 0.357 e. The Morgan fingerprint density at radius 1 is 1.28 bits per heavy atom. The van der Waals surface area contributed by atoms with Gasteiger partial charge in [0.05, 0.1) is 0 Å². The molecule has 0 aliphatic heterocycles. The van der Waals surface area contributed by atoms with Gasteiger partial charge in [0.25, 0.3) is 0 Å². The van der Waals surface area contributed by atoms with Crippen molar-refractivity contribution in [2.75, 3.05) is 24.2 Å². The number of nitrogens with zero attached hydrogens (tertiary/aromatic N) is 6. The van der Waals surface area contributed by atoms with Crippen LogP contribution in [0.4, 0.5) is 11.9 Å². The summed E-state index contributed by atoms with van der Waals surface area (Å²) in [6, 6.07) is 0.